The highest BCUT2D eigenvalue weighted by atomic mass is 16.3. The molecule has 2 rings (SSSR count). The summed E-state index contributed by atoms with van der Waals surface area (Å²) in [5.74, 6) is 2.07. The largest absolute Gasteiger partial charge is 0.393 e. The first-order chi connectivity index (χ1) is 7.78. The molecule has 0 amide bonds. The highest BCUT2D eigenvalue weighted by molar-refractivity contribution is 5.39. The first-order valence-corrected chi connectivity index (χ1v) is 5.76. The Hall–Kier alpha value is -1.36. The van der Waals surface area contributed by atoms with Crippen LogP contribution < -0.4 is 10.6 Å². The Morgan fingerprint density at radius 2 is 2.25 bits per heavy atom. The number of rotatable bonds is 5. The molecule has 0 spiro atoms. The van der Waals surface area contributed by atoms with Crippen LogP contribution in [0.2, 0.25) is 0 Å². The van der Waals surface area contributed by atoms with Gasteiger partial charge in [-0.05, 0) is 31.7 Å². The highest BCUT2D eigenvalue weighted by Crippen LogP contribution is 2.27. The lowest BCUT2D eigenvalue weighted by molar-refractivity contribution is 0.0486. The van der Waals surface area contributed by atoms with E-state index in [-0.39, 0.29) is 6.10 Å². The highest BCUT2D eigenvalue weighted by Gasteiger charge is 2.26. The van der Waals surface area contributed by atoms with Crippen LogP contribution >= 0.6 is 0 Å². The summed E-state index contributed by atoms with van der Waals surface area (Å²) in [6.07, 6.45) is 3.45. The molecule has 1 saturated carbocycles. The first-order valence-electron chi connectivity index (χ1n) is 5.76. The molecule has 0 bridgehead atoms. The summed E-state index contributed by atoms with van der Waals surface area (Å²) in [7, 11) is 0. The SMILES string of the molecule is CCNc1nccc(NCC2CC(O)C2)n1. The van der Waals surface area contributed by atoms with Gasteiger partial charge in [-0.3, -0.25) is 0 Å². The van der Waals surface area contributed by atoms with Gasteiger partial charge in [-0.15, -0.1) is 0 Å². The lowest BCUT2D eigenvalue weighted by Gasteiger charge is -2.31. The number of aromatic nitrogens is 2. The fourth-order valence-corrected chi connectivity index (χ4v) is 1.82. The number of aliphatic hydroxyl groups is 1. The Kier molecular flexibility index (Phi) is 3.56. The monoisotopic (exact) mass is 222 g/mol. The Labute approximate surface area is 95.3 Å². The van der Waals surface area contributed by atoms with Crippen molar-refractivity contribution in [1.29, 1.82) is 0 Å². The van der Waals surface area contributed by atoms with Crippen LogP contribution in [0.15, 0.2) is 12.3 Å². The minimum Gasteiger partial charge on any atom is -0.393 e. The maximum absolute atomic E-state index is 9.17. The number of nitrogens with one attached hydrogen (secondary N) is 2. The zero-order valence-corrected chi connectivity index (χ0v) is 9.48. The molecule has 1 heterocycles. The van der Waals surface area contributed by atoms with Crippen molar-refractivity contribution in [3.63, 3.8) is 0 Å². The van der Waals surface area contributed by atoms with Gasteiger partial charge < -0.3 is 15.7 Å². The van der Waals surface area contributed by atoms with Crippen molar-refractivity contribution in [2.24, 2.45) is 5.92 Å². The minimum absolute atomic E-state index is 0.0884. The van der Waals surface area contributed by atoms with Crippen LogP contribution in [0.4, 0.5) is 11.8 Å². The topological polar surface area (TPSA) is 70.1 Å². The molecule has 0 radical (unpaired) electrons. The Balaban J connectivity index is 1.81. The lowest BCUT2D eigenvalue weighted by atomic mass is 9.82. The van der Waals surface area contributed by atoms with Gasteiger partial charge >= 0.3 is 0 Å². The molecule has 0 saturated heterocycles. The Bertz CT molecular complexity index is 339. The van der Waals surface area contributed by atoms with E-state index >= 15 is 0 Å². The molecule has 16 heavy (non-hydrogen) atoms. The van der Waals surface area contributed by atoms with E-state index in [0.717, 1.165) is 31.7 Å². The quantitative estimate of drug-likeness (QED) is 0.695. The molecule has 5 nitrogen and oxygen atoms in total. The average Bonchev–Trinajstić information content (AvgIpc) is 2.24. The van der Waals surface area contributed by atoms with Gasteiger partial charge in [0.25, 0.3) is 0 Å². The zero-order chi connectivity index (χ0) is 11.4. The normalized spacial score (nSPS) is 23.6. The predicted octanol–water partition coefficient (Wildman–Crippen LogP) is 1.09. The lowest BCUT2D eigenvalue weighted by Crippen LogP contribution is -2.33. The van der Waals surface area contributed by atoms with Crippen molar-refractivity contribution in [2.75, 3.05) is 23.7 Å². The van der Waals surface area contributed by atoms with Crippen LogP contribution in [0.5, 0.6) is 0 Å². The Morgan fingerprint density at radius 1 is 1.44 bits per heavy atom. The minimum atomic E-state index is -0.0884. The molecular formula is C11H18N4O. The molecule has 88 valence electrons. The standard InChI is InChI=1S/C11H18N4O/c1-2-12-11-13-4-3-10(15-11)14-7-8-5-9(16)6-8/h3-4,8-9,16H,2,5-7H2,1H3,(H2,12,13,14,15). The summed E-state index contributed by atoms with van der Waals surface area (Å²) < 4.78 is 0. The van der Waals surface area contributed by atoms with Gasteiger partial charge in [0, 0.05) is 19.3 Å². The summed E-state index contributed by atoms with van der Waals surface area (Å²) in [6.45, 7) is 3.71. The third-order valence-corrected chi connectivity index (χ3v) is 2.77. The maximum Gasteiger partial charge on any atom is 0.224 e. The van der Waals surface area contributed by atoms with Crippen molar-refractivity contribution in [2.45, 2.75) is 25.9 Å². The van der Waals surface area contributed by atoms with Gasteiger partial charge in [0.1, 0.15) is 5.82 Å². The molecule has 1 aliphatic carbocycles. The van der Waals surface area contributed by atoms with Crippen LogP contribution in [0.3, 0.4) is 0 Å². The van der Waals surface area contributed by atoms with Crippen LogP contribution in [0.1, 0.15) is 19.8 Å². The summed E-state index contributed by atoms with van der Waals surface area (Å²) in [4.78, 5) is 8.42. The number of nitrogens with zero attached hydrogens (tertiary/aromatic N) is 2. The smallest absolute Gasteiger partial charge is 0.224 e. The molecule has 1 aromatic rings. The van der Waals surface area contributed by atoms with Crippen LogP contribution in [-0.2, 0) is 0 Å². The summed E-state index contributed by atoms with van der Waals surface area (Å²) >= 11 is 0. The molecule has 5 heteroatoms. The maximum atomic E-state index is 9.17. The third kappa shape index (κ3) is 2.82. The summed E-state index contributed by atoms with van der Waals surface area (Å²) in [5.41, 5.74) is 0. The van der Waals surface area contributed by atoms with Gasteiger partial charge in [0.2, 0.25) is 5.95 Å². The second-order valence-corrected chi connectivity index (χ2v) is 4.17. The molecular weight excluding hydrogens is 204 g/mol. The second-order valence-electron chi connectivity index (χ2n) is 4.17. The van der Waals surface area contributed by atoms with Crippen molar-refractivity contribution in [3.8, 4) is 0 Å². The van der Waals surface area contributed by atoms with E-state index in [1.807, 2.05) is 13.0 Å². The fraction of sp³-hybridized carbons (Fsp3) is 0.636. The molecule has 0 atom stereocenters. The van der Waals surface area contributed by atoms with Crippen LogP contribution in [-0.4, -0.2) is 34.3 Å². The summed E-state index contributed by atoms with van der Waals surface area (Å²) in [6, 6.07) is 1.86. The molecule has 1 aromatic heterocycles. The molecule has 0 aliphatic heterocycles. The van der Waals surface area contributed by atoms with Crippen molar-refractivity contribution in [3.05, 3.63) is 12.3 Å². The van der Waals surface area contributed by atoms with E-state index in [4.69, 9.17) is 5.11 Å². The predicted molar refractivity (Wildman–Crippen MR) is 63.4 cm³/mol. The van der Waals surface area contributed by atoms with Gasteiger partial charge in [0.15, 0.2) is 0 Å². The van der Waals surface area contributed by atoms with E-state index in [0.29, 0.717) is 11.9 Å². The third-order valence-electron chi connectivity index (χ3n) is 2.77. The second kappa shape index (κ2) is 5.12. The summed E-state index contributed by atoms with van der Waals surface area (Å²) in [5, 5.41) is 15.5. The molecule has 3 N–H and O–H groups in total. The van der Waals surface area contributed by atoms with Gasteiger partial charge in [0.05, 0.1) is 6.10 Å². The van der Waals surface area contributed by atoms with E-state index in [2.05, 4.69) is 20.6 Å². The van der Waals surface area contributed by atoms with E-state index in [9.17, 15) is 0 Å². The van der Waals surface area contributed by atoms with E-state index in [1.165, 1.54) is 0 Å². The van der Waals surface area contributed by atoms with Gasteiger partial charge in [-0.2, -0.15) is 4.98 Å². The van der Waals surface area contributed by atoms with Gasteiger partial charge in [-0.25, -0.2) is 4.98 Å². The van der Waals surface area contributed by atoms with E-state index < -0.39 is 0 Å². The fourth-order valence-electron chi connectivity index (χ4n) is 1.82. The number of hydrogen-bond donors (Lipinski definition) is 3. The number of hydrogen-bond acceptors (Lipinski definition) is 5. The zero-order valence-electron chi connectivity index (χ0n) is 9.48. The van der Waals surface area contributed by atoms with Crippen LogP contribution in [0, 0.1) is 5.92 Å². The Morgan fingerprint density at radius 3 is 2.94 bits per heavy atom. The van der Waals surface area contributed by atoms with Gasteiger partial charge in [-0.1, -0.05) is 0 Å². The molecule has 1 aliphatic rings. The van der Waals surface area contributed by atoms with Crippen molar-refractivity contribution >= 4 is 11.8 Å². The first kappa shape index (κ1) is 11.1. The molecule has 0 aromatic carbocycles. The molecule has 1 fully saturated rings. The van der Waals surface area contributed by atoms with Crippen LogP contribution in [0.25, 0.3) is 0 Å². The molecule has 0 unspecified atom stereocenters. The number of anilines is 2. The van der Waals surface area contributed by atoms with Crippen molar-refractivity contribution in [1.82, 2.24) is 9.97 Å². The van der Waals surface area contributed by atoms with E-state index in [1.54, 1.807) is 6.20 Å². The van der Waals surface area contributed by atoms with Crippen molar-refractivity contribution < 1.29 is 5.11 Å². The average molecular weight is 222 g/mol. The number of aliphatic hydroxyl groups excluding tert-OH is 1.